The van der Waals surface area contributed by atoms with Gasteiger partial charge < -0.3 is 0 Å². The summed E-state index contributed by atoms with van der Waals surface area (Å²) < 4.78 is 1.81. The van der Waals surface area contributed by atoms with Crippen LogP contribution in [0.1, 0.15) is 15.2 Å². The number of hydrogen-bond donors (Lipinski definition) is 0. The van der Waals surface area contributed by atoms with Crippen LogP contribution in [0.3, 0.4) is 0 Å². The highest BCUT2D eigenvalue weighted by atomic mass is 127. The van der Waals surface area contributed by atoms with E-state index in [-0.39, 0.29) is 5.78 Å². The van der Waals surface area contributed by atoms with Crippen molar-refractivity contribution in [2.45, 2.75) is 0 Å². The van der Waals surface area contributed by atoms with Gasteiger partial charge in [0.25, 0.3) is 0 Å². The first-order valence-corrected chi connectivity index (χ1v) is 7.16. The van der Waals surface area contributed by atoms with Crippen molar-refractivity contribution in [2.24, 2.45) is 0 Å². The lowest BCUT2D eigenvalue weighted by Gasteiger charge is -1.93. The zero-order valence-electron chi connectivity index (χ0n) is 8.69. The van der Waals surface area contributed by atoms with Crippen LogP contribution in [0.15, 0.2) is 42.5 Å². The van der Waals surface area contributed by atoms with Crippen LogP contribution in [0, 0.1) is 3.57 Å². The average molecular weight is 375 g/mol. The summed E-state index contributed by atoms with van der Waals surface area (Å²) in [7, 11) is 0. The molecule has 86 valence electrons. The number of carbonyl (C=O) groups is 1. The standard InChI is InChI=1S/C13H8ClIOS/c14-13-8-7-12(17-13)11(16)6-3-9-1-4-10(15)5-2-9/h1-8H/b6-3+. The number of halogens is 2. The second kappa shape index (κ2) is 5.80. The predicted octanol–water partition coefficient (Wildman–Crippen LogP) is 4.90. The highest BCUT2D eigenvalue weighted by molar-refractivity contribution is 14.1. The fourth-order valence-corrected chi connectivity index (χ4v) is 2.60. The van der Waals surface area contributed by atoms with E-state index < -0.39 is 0 Å². The maximum Gasteiger partial charge on any atom is 0.195 e. The number of benzene rings is 1. The molecule has 0 amide bonds. The summed E-state index contributed by atoms with van der Waals surface area (Å²) in [4.78, 5) is 12.4. The van der Waals surface area contributed by atoms with Crippen molar-refractivity contribution >= 4 is 57.4 Å². The van der Waals surface area contributed by atoms with Crippen LogP contribution in [-0.4, -0.2) is 5.78 Å². The van der Waals surface area contributed by atoms with Crippen LogP contribution in [-0.2, 0) is 0 Å². The lowest BCUT2D eigenvalue weighted by atomic mass is 10.2. The number of ketones is 1. The third kappa shape index (κ3) is 3.66. The molecule has 0 N–H and O–H groups in total. The van der Waals surface area contributed by atoms with Crippen LogP contribution in [0.2, 0.25) is 4.34 Å². The van der Waals surface area contributed by atoms with Crippen molar-refractivity contribution < 1.29 is 4.79 Å². The molecule has 1 aromatic carbocycles. The molecule has 0 aliphatic carbocycles. The van der Waals surface area contributed by atoms with E-state index in [4.69, 9.17) is 11.6 Å². The molecule has 17 heavy (non-hydrogen) atoms. The van der Waals surface area contributed by atoms with E-state index in [1.54, 1.807) is 18.2 Å². The van der Waals surface area contributed by atoms with Crippen LogP contribution in [0.4, 0.5) is 0 Å². The van der Waals surface area contributed by atoms with Gasteiger partial charge in [0.1, 0.15) is 0 Å². The number of hydrogen-bond acceptors (Lipinski definition) is 2. The van der Waals surface area contributed by atoms with Gasteiger partial charge in [-0.1, -0.05) is 29.8 Å². The van der Waals surface area contributed by atoms with Gasteiger partial charge >= 0.3 is 0 Å². The predicted molar refractivity (Wildman–Crippen MR) is 81.9 cm³/mol. The average Bonchev–Trinajstić information content (AvgIpc) is 2.75. The molecule has 1 aromatic heterocycles. The van der Waals surface area contributed by atoms with E-state index in [1.807, 2.05) is 30.3 Å². The highest BCUT2D eigenvalue weighted by Gasteiger charge is 2.04. The Bertz CT molecular complexity index is 557. The van der Waals surface area contributed by atoms with Gasteiger partial charge in [-0.2, -0.15) is 0 Å². The van der Waals surface area contributed by atoms with Gasteiger partial charge in [-0.25, -0.2) is 0 Å². The molecule has 2 aromatic rings. The maximum absolute atomic E-state index is 11.8. The summed E-state index contributed by atoms with van der Waals surface area (Å²) in [6.07, 6.45) is 3.39. The molecule has 1 nitrogen and oxygen atoms in total. The van der Waals surface area contributed by atoms with Gasteiger partial charge in [-0.05, 0) is 58.5 Å². The molecule has 0 fully saturated rings. The molecule has 0 aliphatic rings. The first-order valence-electron chi connectivity index (χ1n) is 4.88. The molecule has 4 heteroatoms. The van der Waals surface area contributed by atoms with Crippen LogP contribution in [0.5, 0.6) is 0 Å². The molecule has 0 spiro atoms. The van der Waals surface area contributed by atoms with Crippen LogP contribution < -0.4 is 0 Å². The molecule has 0 saturated heterocycles. The molecule has 2 rings (SSSR count). The molecule has 1 heterocycles. The zero-order chi connectivity index (χ0) is 12.3. The Labute approximate surface area is 122 Å². The number of thiophene rings is 1. The van der Waals surface area contributed by atoms with Crippen molar-refractivity contribution in [3.05, 3.63) is 60.8 Å². The third-order valence-electron chi connectivity index (χ3n) is 2.11. The minimum atomic E-state index is -0.0135. The van der Waals surface area contributed by atoms with Gasteiger partial charge in [0.2, 0.25) is 0 Å². The van der Waals surface area contributed by atoms with Gasteiger partial charge in [-0.3, -0.25) is 4.79 Å². The minimum absolute atomic E-state index is 0.0135. The smallest absolute Gasteiger partial charge is 0.195 e. The summed E-state index contributed by atoms with van der Waals surface area (Å²) in [6.45, 7) is 0. The van der Waals surface area contributed by atoms with E-state index in [2.05, 4.69) is 22.6 Å². The van der Waals surface area contributed by atoms with E-state index in [9.17, 15) is 4.79 Å². The quantitative estimate of drug-likeness (QED) is 0.424. The van der Waals surface area contributed by atoms with Crippen molar-refractivity contribution in [1.82, 2.24) is 0 Å². The number of carbonyl (C=O) groups excluding carboxylic acids is 1. The highest BCUT2D eigenvalue weighted by Crippen LogP contribution is 2.22. The minimum Gasteiger partial charge on any atom is -0.288 e. The zero-order valence-corrected chi connectivity index (χ0v) is 12.4. The molecule has 0 saturated carbocycles. The first-order chi connectivity index (χ1) is 8.15. The van der Waals surface area contributed by atoms with Crippen molar-refractivity contribution in [1.29, 1.82) is 0 Å². The summed E-state index contributed by atoms with van der Waals surface area (Å²) in [5, 5.41) is 0. The lowest BCUT2D eigenvalue weighted by molar-refractivity contribution is 0.105. The Hall–Kier alpha value is -0.650. The summed E-state index contributed by atoms with van der Waals surface area (Å²) in [5.74, 6) is -0.0135. The van der Waals surface area contributed by atoms with Crippen molar-refractivity contribution in [2.75, 3.05) is 0 Å². The maximum atomic E-state index is 11.8. The summed E-state index contributed by atoms with van der Waals surface area (Å²) >= 11 is 9.32. The summed E-state index contributed by atoms with van der Waals surface area (Å²) in [6, 6.07) is 11.4. The second-order valence-electron chi connectivity index (χ2n) is 3.35. The van der Waals surface area contributed by atoms with Crippen molar-refractivity contribution in [3.8, 4) is 0 Å². The Kier molecular flexibility index (Phi) is 4.36. The van der Waals surface area contributed by atoms with E-state index >= 15 is 0 Å². The molecule has 0 unspecified atom stereocenters. The van der Waals surface area contributed by atoms with Crippen molar-refractivity contribution in [3.63, 3.8) is 0 Å². The van der Waals surface area contributed by atoms with E-state index in [0.29, 0.717) is 9.21 Å². The van der Waals surface area contributed by atoms with Gasteiger partial charge in [0.05, 0.1) is 9.21 Å². The molecular weight excluding hydrogens is 367 g/mol. The number of allylic oxidation sites excluding steroid dienone is 1. The second-order valence-corrected chi connectivity index (χ2v) is 6.31. The van der Waals surface area contributed by atoms with Gasteiger partial charge in [0, 0.05) is 3.57 Å². The first kappa shape index (κ1) is 12.8. The van der Waals surface area contributed by atoms with Crippen LogP contribution >= 0.6 is 45.5 Å². The molecule has 0 aliphatic heterocycles. The number of rotatable bonds is 3. The SMILES string of the molecule is O=C(/C=C/c1ccc(I)cc1)c1ccc(Cl)s1. The Morgan fingerprint density at radius 3 is 2.47 bits per heavy atom. The Morgan fingerprint density at radius 1 is 1.18 bits per heavy atom. The Balaban J connectivity index is 2.10. The van der Waals surface area contributed by atoms with Gasteiger partial charge in [0.15, 0.2) is 5.78 Å². The lowest BCUT2D eigenvalue weighted by Crippen LogP contribution is -1.88. The fourth-order valence-electron chi connectivity index (χ4n) is 1.27. The Morgan fingerprint density at radius 2 is 1.88 bits per heavy atom. The van der Waals surface area contributed by atoms with E-state index in [0.717, 1.165) is 5.56 Å². The molecular formula is C13H8ClIOS. The van der Waals surface area contributed by atoms with E-state index in [1.165, 1.54) is 14.9 Å². The topological polar surface area (TPSA) is 17.1 Å². The van der Waals surface area contributed by atoms with Crippen LogP contribution in [0.25, 0.3) is 6.08 Å². The molecule has 0 bridgehead atoms. The fraction of sp³-hybridized carbons (Fsp3) is 0. The molecule has 0 atom stereocenters. The third-order valence-corrected chi connectivity index (χ3v) is 4.08. The monoisotopic (exact) mass is 374 g/mol. The normalized spacial score (nSPS) is 10.9. The summed E-state index contributed by atoms with van der Waals surface area (Å²) in [5.41, 5.74) is 1.02. The van der Waals surface area contributed by atoms with Gasteiger partial charge in [-0.15, -0.1) is 11.3 Å². The largest absolute Gasteiger partial charge is 0.288 e. The molecule has 0 radical (unpaired) electrons.